The van der Waals surface area contributed by atoms with Crippen molar-refractivity contribution in [2.45, 2.75) is 63.4 Å². The monoisotopic (exact) mass is 568 g/mol. The van der Waals surface area contributed by atoms with Crippen LogP contribution in [-0.2, 0) is 0 Å². The van der Waals surface area contributed by atoms with Crippen LogP contribution < -0.4 is 9.47 Å². The maximum atomic E-state index is 14.8. The molecule has 0 aromatic heterocycles. The molecule has 9 heteroatoms. The molecule has 0 N–H and O–H groups in total. The van der Waals surface area contributed by atoms with Crippen LogP contribution in [0.4, 0.5) is 30.7 Å². The van der Waals surface area contributed by atoms with Gasteiger partial charge in [0.05, 0.1) is 5.92 Å². The minimum atomic E-state index is -3.62. The molecule has 40 heavy (non-hydrogen) atoms. The molecule has 2 aliphatic rings. The first-order chi connectivity index (χ1) is 19.1. The van der Waals surface area contributed by atoms with Crippen molar-refractivity contribution in [3.05, 3.63) is 90.0 Å². The average Bonchev–Trinajstić information content (AvgIpc) is 2.94. The first-order valence-electron chi connectivity index (χ1n) is 13.4. The third kappa shape index (κ3) is 7.49. The van der Waals surface area contributed by atoms with E-state index in [0.29, 0.717) is 36.3 Å². The first kappa shape index (κ1) is 29.7. The maximum Gasteiger partial charge on any atom is 0.400 e. The van der Waals surface area contributed by atoms with Gasteiger partial charge in [0.2, 0.25) is 0 Å². The van der Waals surface area contributed by atoms with Crippen LogP contribution in [0.3, 0.4) is 0 Å². The molecule has 2 aromatic carbocycles. The van der Waals surface area contributed by atoms with Crippen molar-refractivity contribution in [1.29, 1.82) is 0 Å². The topological polar surface area (TPSA) is 18.5 Å². The van der Waals surface area contributed by atoms with Gasteiger partial charge in [0.1, 0.15) is 11.6 Å². The Balaban J connectivity index is 1.29. The first-order valence-corrected chi connectivity index (χ1v) is 13.4. The van der Waals surface area contributed by atoms with E-state index in [-0.39, 0.29) is 24.6 Å². The molecule has 0 spiro atoms. The summed E-state index contributed by atoms with van der Waals surface area (Å²) in [7, 11) is 0. The zero-order chi connectivity index (χ0) is 28.9. The van der Waals surface area contributed by atoms with Gasteiger partial charge in [-0.25, -0.2) is 8.78 Å². The van der Waals surface area contributed by atoms with Gasteiger partial charge in [0.25, 0.3) is 0 Å². The van der Waals surface area contributed by atoms with E-state index in [2.05, 4.69) is 11.3 Å². The quantitative estimate of drug-likeness (QED) is 0.170. The summed E-state index contributed by atoms with van der Waals surface area (Å²) in [5, 5.41) is 0. The Morgan fingerprint density at radius 2 is 1.50 bits per heavy atom. The highest BCUT2D eigenvalue weighted by atomic mass is 19.3. The molecule has 2 nitrogen and oxygen atoms in total. The summed E-state index contributed by atoms with van der Waals surface area (Å²) in [4.78, 5) is 0. The number of ether oxygens (including phenoxy) is 2. The van der Waals surface area contributed by atoms with E-state index in [0.717, 1.165) is 43.4 Å². The third-order valence-electron chi connectivity index (χ3n) is 7.90. The molecular weight excluding hydrogens is 537 g/mol. The summed E-state index contributed by atoms with van der Waals surface area (Å²) in [6.07, 6.45) is 4.43. The Labute approximate surface area is 229 Å². The highest BCUT2D eigenvalue weighted by Crippen LogP contribution is 2.41. The van der Waals surface area contributed by atoms with Gasteiger partial charge in [-0.2, -0.15) is 22.0 Å². The Morgan fingerprint density at radius 3 is 2.10 bits per heavy atom. The van der Waals surface area contributed by atoms with Crippen LogP contribution in [0, 0.1) is 29.4 Å². The molecule has 0 aliphatic heterocycles. The van der Waals surface area contributed by atoms with Gasteiger partial charge < -0.3 is 9.47 Å². The van der Waals surface area contributed by atoms with Gasteiger partial charge in [-0.05, 0) is 92.9 Å². The minimum Gasteiger partial charge on any atom is -0.432 e. The SMILES string of the molecule is C=CC1CCC(c2ccc(/C=C/C3CCC(C(F)(F)Oc4ccc(OC(F)=C(F)F)c(F)c4)CC3)c(F)c2)CC1. The Kier molecular flexibility index (Phi) is 9.64. The van der Waals surface area contributed by atoms with Crippen LogP contribution in [0.15, 0.2) is 67.2 Å². The van der Waals surface area contributed by atoms with Crippen LogP contribution in [0.1, 0.15) is 68.4 Å². The second-order valence-electron chi connectivity index (χ2n) is 10.5. The number of rotatable bonds is 9. The van der Waals surface area contributed by atoms with Crippen molar-refractivity contribution in [1.82, 2.24) is 0 Å². The summed E-state index contributed by atoms with van der Waals surface area (Å²) in [6, 6.07) is 5.17. The summed E-state index contributed by atoms with van der Waals surface area (Å²) >= 11 is 0. The lowest BCUT2D eigenvalue weighted by Gasteiger charge is -2.32. The van der Waals surface area contributed by atoms with Gasteiger partial charge in [-0.15, -0.1) is 6.58 Å². The second kappa shape index (κ2) is 13.0. The van der Waals surface area contributed by atoms with Gasteiger partial charge in [-0.1, -0.05) is 30.4 Å². The normalized spacial score (nSPS) is 23.6. The predicted molar refractivity (Wildman–Crippen MR) is 139 cm³/mol. The molecule has 2 aliphatic carbocycles. The van der Waals surface area contributed by atoms with Crippen LogP contribution in [-0.4, -0.2) is 6.11 Å². The van der Waals surface area contributed by atoms with Crippen molar-refractivity contribution in [2.24, 2.45) is 17.8 Å². The highest BCUT2D eigenvalue weighted by Gasteiger charge is 2.43. The Hall–Kier alpha value is -3.23. The largest absolute Gasteiger partial charge is 0.432 e. The number of hydrogen-bond donors (Lipinski definition) is 0. The second-order valence-corrected chi connectivity index (χ2v) is 10.5. The number of benzene rings is 2. The third-order valence-corrected chi connectivity index (χ3v) is 7.90. The van der Waals surface area contributed by atoms with Crippen LogP contribution in [0.2, 0.25) is 0 Å². The summed E-state index contributed by atoms with van der Waals surface area (Å²) < 4.78 is 104. The van der Waals surface area contributed by atoms with Crippen molar-refractivity contribution < 1.29 is 40.2 Å². The molecule has 0 amide bonds. The van der Waals surface area contributed by atoms with Gasteiger partial charge in [0.15, 0.2) is 11.6 Å². The molecule has 2 fully saturated rings. The van der Waals surface area contributed by atoms with Crippen molar-refractivity contribution >= 4 is 6.08 Å². The average molecular weight is 569 g/mol. The van der Waals surface area contributed by atoms with E-state index < -0.39 is 41.4 Å². The van der Waals surface area contributed by atoms with Gasteiger partial charge in [0, 0.05) is 11.6 Å². The summed E-state index contributed by atoms with van der Waals surface area (Å²) in [6.45, 7) is 3.86. The Bertz CT molecular complexity index is 1240. The molecule has 2 aromatic rings. The van der Waals surface area contributed by atoms with E-state index in [9.17, 15) is 30.7 Å². The highest BCUT2D eigenvalue weighted by molar-refractivity contribution is 5.51. The zero-order valence-corrected chi connectivity index (χ0v) is 21.8. The zero-order valence-electron chi connectivity index (χ0n) is 21.8. The van der Waals surface area contributed by atoms with Crippen molar-refractivity contribution in [3.8, 4) is 11.5 Å². The van der Waals surface area contributed by atoms with E-state index in [4.69, 9.17) is 4.74 Å². The molecule has 2 saturated carbocycles. The molecular formula is C31H31F7O2. The number of allylic oxidation sites excluding steroid dienone is 2. The number of halogens is 7. The van der Waals surface area contributed by atoms with E-state index in [1.54, 1.807) is 18.2 Å². The van der Waals surface area contributed by atoms with E-state index in [1.165, 1.54) is 0 Å². The number of alkyl halides is 2. The fraction of sp³-hybridized carbons (Fsp3) is 0.419. The fourth-order valence-corrected chi connectivity index (χ4v) is 5.51. The molecule has 0 atom stereocenters. The summed E-state index contributed by atoms with van der Waals surface area (Å²) in [5.74, 6) is -3.34. The molecule has 0 heterocycles. The molecule has 0 radical (unpaired) electrons. The molecule has 0 saturated heterocycles. The van der Waals surface area contributed by atoms with E-state index >= 15 is 0 Å². The predicted octanol–water partition coefficient (Wildman–Crippen LogP) is 10.3. The van der Waals surface area contributed by atoms with Crippen LogP contribution >= 0.6 is 0 Å². The van der Waals surface area contributed by atoms with Gasteiger partial charge in [-0.3, -0.25) is 0 Å². The van der Waals surface area contributed by atoms with Crippen LogP contribution in [0.25, 0.3) is 6.08 Å². The van der Waals surface area contributed by atoms with Gasteiger partial charge >= 0.3 is 18.2 Å². The summed E-state index contributed by atoms with van der Waals surface area (Å²) in [5.41, 5.74) is 1.46. The standard InChI is InChI=1S/C31H31F7O2/c1-2-19-3-8-21(9-4-19)23-12-11-22(26(32)17-23)10-5-20-6-13-24(14-7-20)31(37,38)40-25-15-16-28(27(33)18-25)39-30(36)29(34)35/h2,5,10-12,15-21,24H,1,3-4,6-9,13-14H2/b10-5+. The molecule has 0 bridgehead atoms. The molecule has 4 rings (SSSR count). The van der Waals surface area contributed by atoms with E-state index in [1.807, 2.05) is 18.2 Å². The molecule has 216 valence electrons. The van der Waals surface area contributed by atoms with Crippen molar-refractivity contribution in [3.63, 3.8) is 0 Å². The smallest absolute Gasteiger partial charge is 0.400 e. The lowest BCUT2D eigenvalue weighted by molar-refractivity contribution is -0.223. The van der Waals surface area contributed by atoms with Crippen LogP contribution in [0.5, 0.6) is 11.5 Å². The fourth-order valence-electron chi connectivity index (χ4n) is 5.51. The lowest BCUT2D eigenvalue weighted by atomic mass is 9.78. The molecule has 0 unspecified atom stereocenters. The van der Waals surface area contributed by atoms with Crippen molar-refractivity contribution in [2.75, 3.05) is 0 Å². The lowest BCUT2D eigenvalue weighted by Crippen LogP contribution is -2.37. The number of hydrogen-bond acceptors (Lipinski definition) is 2. The Morgan fingerprint density at radius 1 is 0.825 bits per heavy atom. The maximum absolute atomic E-state index is 14.8. The minimum absolute atomic E-state index is 0.00645.